The second-order valence-corrected chi connectivity index (χ2v) is 5.75. The van der Waals surface area contributed by atoms with Crippen LogP contribution in [0, 0.1) is 0 Å². The zero-order valence-electron chi connectivity index (χ0n) is 13.7. The van der Waals surface area contributed by atoms with Gasteiger partial charge in [0.25, 0.3) is 0 Å². The zero-order valence-corrected chi connectivity index (χ0v) is 13.7. The molecule has 1 unspecified atom stereocenters. The smallest absolute Gasteiger partial charge is 0.0676 e. The molecule has 2 nitrogen and oxygen atoms in total. The molecule has 0 fully saturated rings. The van der Waals surface area contributed by atoms with Crippen LogP contribution in [0.4, 0.5) is 0 Å². The number of aliphatic hydroxyl groups is 1. The van der Waals surface area contributed by atoms with Crippen LogP contribution < -0.4 is 0 Å². The lowest BCUT2D eigenvalue weighted by atomic mass is 9.86. The summed E-state index contributed by atoms with van der Waals surface area (Å²) >= 11 is 0. The first-order valence-electron chi connectivity index (χ1n) is 8.24. The molecule has 0 saturated carbocycles. The number of likely N-dealkylation sites (N-methyl/N-ethyl adjacent to an activating group) is 1. The Labute approximate surface area is 134 Å². The molecule has 2 aromatic carbocycles. The Kier molecular flexibility index (Phi) is 6.63. The Bertz CT molecular complexity index is 482. The van der Waals surface area contributed by atoms with Crippen LogP contribution in [0.5, 0.6) is 0 Å². The van der Waals surface area contributed by atoms with E-state index in [1.165, 1.54) is 11.1 Å². The molecular weight excluding hydrogens is 270 g/mol. The first-order valence-corrected chi connectivity index (χ1v) is 8.24. The Balaban J connectivity index is 2.15. The Morgan fingerprint density at radius 3 is 1.68 bits per heavy atom. The molecule has 1 atom stereocenters. The maximum atomic E-state index is 10.5. The molecule has 0 aliphatic carbocycles. The quantitative estimate of drug-likeness (QED) is 0.798. The molecule has 0 saturated heterocycles. The first kappa shape index (κ1) is 16.7. The summed E-state index contributed by atoms with van der Waals surface area (Å²) in [6.45, 7) is 6.98. The minimum Gasteiger partial charge on any atom is -0.392 e. The van der Waals surface area contributed by atoms with E-state index in [4.69, 9.17) is 0 Å². The fourth-order valence-electron chi connectivity index (χ4n) is 2.96. The van der Waals surface area contributed by atoms with E-state index in [-0.39, 0.29) is 12.0 Å². The number of aliphatic hydroxyl groups excluding tert-OH is 1. The van der Waals surface area contributed by atoms with Crippen LogP contribution in [0.15, 0.2) is 60.7 Å². The molecule has 0 amide bonds. The van der Waals surface area contributed by atoms with E-state index in [0.29, 0.717) is 0 Å². The number of rotatable bonds is 8. The predicted molar refractivity (Wildman–Crippen MR) is 93.1 cm³/mol. The number of nitrogens with zero attached hydrogens (tertiary/aromatic N) is 1. The van der Waals surface area contributed by atoms with E-state index in [9.17, 15) is 5.11 Å². The third-order valence-corrected chi connectivity index (χ3v) is 4.28. The first-order chi connectivity index (χ1) is 10.7. The minimum absolute atomic E-state index is 0.243. The highest BCUT2D eigenvalue weighted by atomic mass is 16.3. The van der Waals surface area contributed by atoms with Crippen molar-refractivity contribution < 1.29 is 5.11 Å². The van der Waals surface area contributed by atoms with Crippen LogP contribution in [0.2, 0.25) is 0 Å². The van der Waals surface area contributed by atoms with Crippen LogP contribution in [-0.4, -0.2) is 35.7 Å². The van der Waals surface area contributed by atoms with Crippen molar-refractivity contribution in [1.82, 2.24) is 4.90 Å². The van der Waals surface area contributed by atoms with Gasteiger partial charge in [0.2, 0.25) is 0 Å². The molecular formula is C20H27NO. The molecule has 0 aromatic heterocycles. The summed E-state index contributed by atoms with van der Waals surface area (Å²) in [5.41, 5.74) is 2.54. The van der Waals surface area contributed by atoms with E-state index in [1.807, 2.05) is 12.1 Å². The van der Waals surface area contributed by atoms with Crippen molar-refractivity contribution >= 4 is 0 Å². The SMILES string of the molecule is CCN(CC)CC(O)CC(c1ccccc1)c1ccccc1. The average molecular weight is 297 g/mol. The lowest BCUT2D eigenvalue weighted by Gasteiger charge is -2.26. The zero-order chi connectivity index (χ0) is 15.8. The summed E-state index contributed by atoms with van der Waals surface area (Å²) in [6, 6.07) is 21.0. The molecule has 0 spiro atoms. The van der Waals surface area contributed by atoms with E-state index in [0.717, 1.165) is 26.1 Å². The predicted octanol–water partition coefficient (Wildman–Crippen LogP) is 3.91. The molecule has 0 heterocycles. The van der Waals surface area contributed by atoms with E-state index in [2.05, 4.69) is 67.3 Å². The topological polar surface area (TPSA) is 23.5 Å². The van der Waals surface area contributed by atoms with Gasteiger partial charge in [-0.1, -0.05) is 74.5 Å². The highest BCUT2D eigenvalue weighted by Gasteiger charge is 2.19. The van der Waals surface area contributed by atoms with Crippen molar-refractivity contribution in [1.29, 1.82) is 0 Å². The summed E-state index contributed by atoms with van der Waals surface area (Å²) in [5.74, 6) is 0.243. The Morgan fingerprint density at radius 2 is 1.27 bits per heavy atom. The highest BCUT2D eigenvalue weighted by molar-refractivity contribution is 5.32. The lowest BCUT2D eigenvalue weighted by Crippen LogP contribution is -2.33. The summed E-state index contributed by atoms with van der Waals surface area (Å²) in [5, 5.41) is 10.5. The minimum atomic E-state index is -0.315. The van der Waals surface area contributed by atoms with E-state index < -0.39 is 0 Å². The van der Waals surface area contributed by atoms with Gasteiger partial charge in [0.05, 0.1) is 6.10 Å². The molecule has 0 bridgehead atoms. The summed E-state index contributed by atoms with van der Waals surface area (Å²) in [7, 11) is 0. The Morgan fingerprint density at radius 1 is 0.818 bits per heavy atom. The second kappa shape index (κ2) is 8.72. The third-order valence-electron chi connectivity index (χ3n) is 4.28. The van der Waals surface area contributed by atoms with Gasteiger partial charge in [0.1, 0.15) is 0 Å². The van der Waals surface area contributed by atoms with Crippen molar-refractivity contribution in [3.63, 3.8) is 0 Å². The molecule has 2 rings (SSSR count). The average Bonchev–Trinajstić information content (AvgIpc) is 2.59. The van der Waals surface area contributed by atoms with Gasteiger partial charge in [-0.3, -0.25) is 0 Å². The number of benzene rings is 2. The third kappa shape index (κ3) is 4.69. The van der Waals surface area contributed by atoms with E-state index in [1.54, 1.807) is 0 Å². The van der Waals surface area contributed by atoms with Crippen LogP contribution in [0.25, 0.3) is 0 Å². The van der Waals surface area contributed by atoms with Gasteiger partial charge in [0, 0.05) is 12.5 Å². The van der Waals surface area contributed by atoms with Gasteiger partial charge in [-0.05, 0) is 30.6 Å². The van der Waals surface area contributed by atoms with Gasteiger partial charge in [-0.25, -0.2) is 0 Å². The van der Waals surface area contributed by atoms with Crippen molar-refractivity contribution in [2.24, 2.45) is 0 Å². The molecule has 1 N–H and O–H groups in total. The largest absolute Gasteiger partial charge is 0.392 e. The normalized spacial score (nSPS) is 12.8. The van der Waals surface area contributed by atoms with Gasteiger partial charge in [-0.2, -0.15) is 0 Å². The standard InChI is InChI=1S/C20H27NO/c1-3-21(4-2)16-19(22)15-20(17-11-7-5-8-12-17)18-13-9-6-10-14-18/h5-14,19-20,22H,3-4,15-16H2,1-2H3. The van der Waals surface area contributed by atoms with Crippen molar-refractivity contribution in [3.05, 3.63) is 71.8 Å². The molecule has 2 aromatic rings. The lowest BCUT2D eigenvalue weighted by molar-refractivity contribution is 0.107. The molecule has 0 aliphatic rings. The maximum Gasteiger partial charge on any atom is 0.0676 e. The van der Waals surface area contributed by atoms with Crippen molar-refractivity contribution in [2.75, 3.05) is 19.6 Å². The second-order valence-electron chi connectivity index (χ2n) is 5.75. The van der Waals surface area contributed by atoms with Gasteiger partial charge < -0.3 is 10.0 Å². The monoisotopic (exact) mass is 297 g/mol. The summed E-state index contributed by atoms with van der Waals surface area (Å²) < 4.78 is 0. The summed E-state index contributed by atoms with van der Waals surface area (Å²) in [6.07, 6.45) is 0.440. The molecule has 0 radical (unpaired) electrons. The van der Waals surface area contributed by atoms with E-state index >= 15 is 0 Å². The molecule has 0 aliphatic heterocycles. The number of hydrogen-bond donors (Lipinski definition) is 1. The highest BCUT2D eigenvalue weighted by Crippen LogP contribution is 2.29. The number of hydrogen-bond acceptors (Lipinski definition) is 2. The van der Waals surface area contributed by atoms with Gasteiger partial charge in [-0.15, -0.1) is 0 Å². The van der Waals surface area contributed by atoms with Crippen LogP contribution in [0.1, 0.15) is 37.3 Å². The van der Waals surface area contributed by atoms with Crippen molar-refractivity contribution in [2.45, 2.75) is 32.3 Å². The summed E-state index contributed by atoms with van der Waals surface area (Å²) in [4.78, 5) is 2.28. The van der Waals surface area contributed by atoms with Gasteiger partial charge >= 0.3 is 0 Å². The fraction of sp³-hybridized carbons (Fsp3) is 0.400. The molecule has 118 valence electrons. The Hall–Kier alpha value is -1.64. The molecule has 2 heteroatoms. The fourth-order valence-corrected chi connectivity index (χ4v) is 2.96. The maximum absolute atomic E-state index is 10.5. The van der Waals surface area contributed by atoms with Crippen LogP contribution in [0.3, 0.4) is 0 Å². The van der Waals surface area contributed by atoms with Crippen LogP contribution >= 0.6 is 0 Å². The van der Waals surface area contributed by atoms with Gasteiger partial charge in [0.15, 0.2) is 0 Å². The molecule has 22 heavy (non-hydrogen) atoms. The van der Waals surface area contributed by atoms with Crippen LogP contribution in [-0.2, 0) is 0 Å². The van der Waals surface area contributed by atoms with Crippen molar-refractivity contribution in [3.8, 4) is 0 Å².